The van der Waals surface area contributed by atoms with Gasteiger partial charge in [-0.2, -0.15) is 0 Å². The van der Waals surface area contributed by atoms with Crippen molar-refractivity contribution >= 4 is 27.4 Å². The minimum atomic E-state index is -0.0760. The van der Waals surface area contributed by atoms with E-state index in [1.54, 1.807) is 17.7 Å². The number of aromatic nitrogens is 2. The first-order chi connectivity index (χ1) is 10.3. The first-order valence-corrected chi connectivity index (χ1v) is 8.31. The van der Waals surface area contributed by atoms with Crippen LogP contribution in [0.2, 0.25) is 0 Å². The summed E-state index contributed by atoms with van der Waals surface area (Å²) in [6.07, 6.45) is 4.65. The summed E-state index contributed by atoms with van der Waals surface area (Å²) in [6, 6.07) is 0.390. The summed E-state index contributed by atoms with van der Waals surface area (Å²) in [5, 5.41) is 5.75. The monoisotopic (exact) mass is 305 g/mol. The minimum absolute atomic E-state index is 0.0760. The highest BCUT2D eigenvalue weighted by molar-refractivity contribution is 7.18. The van der Waals surface area contributed by atoms with Gasteiger partial charge in [0.1, 0.15) is 12.1 Å². The number of ether oxygens (including phenoxy) is 2. The molecule has 0 bridgehead atoms. The SMILES string of the molecule is Cc1csc2c(N[C@@H]3CCO[C@]4(CCOC4)C3)ncnc12. The van der Waals surface area contributed by atoms with Crippen LogP contribution in [-0.4, -0.2) is 41.4 Å². The third-order valence-electron chi connectivity index (χ3n) is 4.43. The number of thiophene rings is 1. The molecular weight excluding hydrogens is 286 g/mol. The van der Waals surface area contributed by atoms with Gasteiger partial charge in [-0.15, -0.1) is 11.3 Å². The van der Waals surface area contributed by atoms with E-state index in [0.29, 0.717) is 6.04 Å². The predicted octanol–water partition coefficient (Wildman–Crippen LogP) is 2.75. The van der Waals surface area contributed by atoms with Crippen molar-refractivity contribution in [3.8, 4) is 0 Å². The third kappa shape index (κ3) is 2.41. The van der Waals surface area contributed by atoms with Gasteiger partial charge >= 0.3 is 0 Å². The van der Waals surface area contributed by atoms with E-state index in [1.165, 1.54) is 5.56 Å². The second-order valence-electron chi connectivity index (χ2n) is 5.99. The molecule has 0 aromatic carbocycles. The number of aryl methyl sites for hydroxylation is 1. The molecule has 0 aliphatic carbocycles. The first-order valence-electron chi connectivity index (χ1n) is 7.43. The average molecular weight is 305 g/mol. The van der Waals surface area contributed by atoms with E-state index in [4.69, 9.17) is 9.47 Å². The molecule has 112 valence electrons. The van der Waals surface area contributed by atoms with E-state index in [0.717, 1.165) is 55.1 Å². The number of nitrogens with zero attached hydrogens (tertiary/aromatic N) is 2. The van der Waals surface area contributed by atoms with Crippen LogP contribution in [0.5, 0.6) is 0 Å². The highest BCUT2D eigenvalue weighted by Crippen LogP contribution is 2.35. The van der Waals surface area contributed by atoms with Crippen LogP contribution in [-0.2, 0) is 9.47 Å². The van der Waals surface area contributed by atoms with Gasteiger partial charge in [0.25, 0.3) is 0 Å². The predicted molar refractivity (Wildman–Crippen MR) is 82.9 cm³/mol. The lowest BCUT2D eigenvalue weighted by molar-refractivity contribution is -0.0828. The molecule has 0 radical (unpaired) electrons. The topological polar surface area (TPSA) is 56.3 Å². The van der Waals surface area contributed by atoms with Crippen LogP contribution in [0.3, 0.4) is 0 Å². The molecule has 4 rings (SSSR count). The summed E-state index contributed by atoms with van der Waals surface area (Å²) in [4.78, 5) is 8.83. The lowest BCUT2D eigenvalue weighted by atomic mass is 9.90. The van der Waals surface area contributed by atoms with Crippen LogP contribution in [0.25, 0.3) is 10.2 Å². The van der Waals surface area contributed by atoms with Crippen LogP contribution in [0.1, 0.15) is 24.8 Å². The Morgan fingerprint density at radius 3 is 3.19 bits per heavy atom. The first kappa shape index (κ1) is 13.4. The Labute approximate surface area is 127 Å². The van der Waals surface area contributed by atoms with Gasteiger partial charge in [0, 0.05) is 25.7 Å². The smallest absolute Gasteiger partial charge is 0.147 e. The maximum Gasteiger partial charge on any atom is 0.147 e. The summed E-state index contributed by atoms with van der Waals surface area (Å²) >= 11 is 1.71. The maximum atomic E-state index is 5.99. The van der Waals surface area contributed by atoms with E-state index in [2.05, 4.69) is 27.6 Å². The molecule has 2 saturated heterocycles. The molecule has 5 nitrogen and oxygen atoms in total. The van der Waals surface area contributed by atoms with Gasteiger partial charge in [-0.1, -0.05) is 0 Å². The van der Waals surface area contributed by atoms with Crippen molar-refractivity contribution in [2.24, 2.45) is 0 Å². The van der Waals surface area contributed by atoms with Crippen molar-refractivity contribution in [3.63, 3.8) is 0 Å². The molecule has 2 aliphatic heterocycles. The molecule has 0 unspecified atom stereocenters. The molecule has 1 N–H and O–H groups in total. The lowest BCUT2D eigenvalue weighted by Gasteiger charge is -2.37. The second-order valence-corrected chi connectivity index (χ2v) is 6.87. The van der Waals surface area contributed by atoms with Crippen molar-refractivity contribution in [1.82, 2.24) is 9.97 Å². The van der Waals surface area contributed by atoms with Crippen molar-refractivity contribution in [3.05, 3.63) is 17.3 Å². The van der Waals surface area contributed by atoms with Crippen molar-refractivity contribution in [2.75, 3.05) is 25.1 Å². The molecular formula is C15H19N3O2S. The van der Waals surface area contributed by atoms with Gasteiger partial charge in [0.2, 0.25) is 0 Å². The molecule has 2 fully saturated rings. The van der Waals surface area contributed by atoms with Gasteiger partial charge in [0.05, 0.1) is 22.4 Å². The van der Waals surface area contributed by atoms with E-state index in [-0.39, 0.29) is 5.60 Å². The fourth-order valence-electron chi connectivity index (χ4n) is 3.28. The Bertz CT molecular complexity index is 651. The summed E-state index contributed by atoms with van der Waals surface area (Å²) in [6.45, 7) is 4.42. The fraction of sp³-hybridized carbons (Fsp3) is 0.600. The Hall–Kier alpha value is -1.24. The summed E-state index contributed by atoms with van der Waals surface area (Å²) in [5.41, 5.74) is 2.20. The van der Waals surface area contributed by atoms with E-state index in [1.807, 2.05) is 0 Å². The largest absolute Gasteiger partial charge is 0.378 e. The zero-order chi connectivity index (χ0) is 14.3. The van der Waals surface area contributed by atoms with Gasteiger partial charge in [-0.3, -0.25) is 0 Å². The average Bonchev–Trinajstić information content (AvgIpc) is 3.08. The molecule has 21 heavy (non-hydrogen) atoms. The minimum Gasteiger partial charge on any atom is -0.378 e. The molecule has 1 spiro atoms. The Kier molecular flexibility index (Phi) is 3.32. The number of hydrogen-bond donors (Lipinski definition) is 1. The molecule has 2 aromatic rings. The molecule has 0 amide bonds. The van der Waals surface area contributed by atoms with Crippen LogP contribution >= 0.6 is 11.3 Å². The van der Waals surface area contributed by atoms with Crippen molar-refractivity contribution < 1.29 is 9.47 Å². The van der Waals surface area contributed by atoms with Gasteiger partial charge in [-0.25, -0.2) is 9.97 Å². The molecule has 0 saturated carbocycles. The quantitative estimate of drug-likeness (QED) is 0.924. The highest BCUT2D eigenvalue weighted by atomic mass is 32.1. The lowest BCUT2D eigenvalue weighted by Crippen LogP contribution is -2.45. The summed E-state index contributed by atoms with van der Waals surface area (Å²) in [5.74, 6) is 0.957. The van der Waals surface area contributed by atoms with E-state index < -0.39 is 0 Å². The number of anilines is 1. The Morgan fingerprint density at radius 1 is 1.38 bits per heavy atom. The molecule has 2 aliphatic rings. The normalized spacial score (nSPS) is 29.3. The van der Waals surface area contributed by atoms with Crippen LogP contribution in [0.15, 0.2) is 11.7 Å². The van der Waals surface area contributed by atoms with Crippen molar-refractivity contribution in [2.45, 2.75) is 37.8 Å². The standard InChI is InChI=1S/C15H19N3O2S/c1-10-7-21-13-12(10)16-9-17-14(13)18-11-2-4-20-15(6-11)3-5-19-8-15/h7,9,11H,2-6,8H2,1H3,(H,16,17,18)/t11-,15-/m1/s1. The third-order valence-corrected chi connectivity index (χ3v) is 5.53. The summed E-state index contributed by atoms with van der Waals surface area (Å²) in [7, 11) is 0. The number of rotatable bonds is 2. The number of hydrogen-bond acceptors (Lipinski definition) is 6. The molecule has 2 atom stereocenters. The maximum absolute atomic E-state index is 5.99. The van der Waals surface area contributed by atoms with E-state index >= 15 is 0 Å². The number of nitrogens with one attached hydrogen (secondary N) is 1. The van der Waals surface area contributed by atoms with Crippen molar-refractivity contribution in [1.29, 1.82) is 0 Å². The number of fused-ring (bicyclic) bond motifs is 1. The Morgan fingerprint density at radius 2 is 2.33 bits per heavy atom. The van der Waals surface area contributed by atoms with Crippen LogP contribution in [0, 0.1) is 6.92 Å². The van der Waals surface area contributed by atoms with Gasteiger partial charge in [-0.05, 0) is 30.7 Å². The second kappa shape index (κ2) is 5.19. The Balaban J connectivity index is 1.57. The van der Waals surface area contributed by atoms with Gasteiger partial charge < -0.3 is 14.8 Å². The molecule has 2 aromatic heterocycles. The molecule has 4 heterocycles. The highest BCUT2D eigenvalue weighted by Gasteiger charge is 2.41. The van der Waals surface area contributed by atoms with Crippen LogP contribution < -0.4 is 5.32 Å². The zero-order valence-corrected chi connectivity index (χ0v) is 12.9. The zero-order valence-electron chi connectivity index (χ0n) is 12.1. The fourth-order valence-corrected chi connectivity index (χ4v) is 4.23. The van der Waals surface area contributed by atoms with E-state index in [9.17, 15) is 0 Å². The van der Waals surface area contributed by atoms with Crippen LogP contribution in [0.4, 0.5) is 5.82 Å². The summed E-state index contributed by atoms with van der Waals surface area (Å²) < 4.78 is 12.7. The molecule has 6 heteroatoms. The van der Waals surface area contributed by atoms with Gasteiger partial charge in [0.15, 0.2) is 0 Å².